The second-order valence-corrected chi connectivity index (χ2v) is 4.20. The van der Waals surface area contributed by atoms with Gasteiger partial charge in [-0.3, -0.25) is 0 Å². The van der Waals surface area contributed by atoms with E-state index in [9.17, 15) is 0 Å². The maximum atomic E-state index is 4.28. The van der Waals surface area contributed by atoms with Crippen LogP contribution < -0.4 is 5.32 Å². The summed E-state index contributed by atoms with van der Waals surface area (Å²) in [7, 11) is 0. The highest BCUT2D eigenvalue weighted by molar-refractivity contribution is 5.25. The van der Waals surface area contributed by atoms with Gasteiger partial charge < -0.3 is 9.88 Å². The lowest BCUT2D eigenvalue weighted by Crippen LogP contribution is -2.17. The molecule has 1 aromatic rings. The van der Waals surface area contributed by atoms with Crippen LogP contribution in [0, 0.1) is 5.92 Å². The molecule has 0 amide bonds. The Kier molecular flexibility index (Phi) is 3.43. The highest BCUT2D eigenvalue weighted by Crippen LogP contribution is 2.29. The van der Waals surface area contributed by atoms with Crippen molar-refractivity contribution in [2.75, 3.05) is 11.9 Å². The number of hydrogen-bond acceptors (Lipinski definition) is 2. The SMILES string of the molecule is C=CCn1ccnc1NCCC1CCC1. The van der Waals surface area contributed by atoms with Crippen molar-refractivity contribution < 1.29 is 0 Å². The second kappa shape index (κ2) is 5.01. The molecule has 0 unspecified atom stereocenters. The number of hydrogen-bond donors (Lipinski definition) is 1. The van der Waals surface area contributed by atoms with Crippen molar-refractivity contribution >= 4 is 5.95 Å². The largest absolute Gasteiger partial charge is 0.356 e. The van der Waals surface area contributed by atoms with Crippen LogP contribution in [0.2, 0.25) is 0 Å². The zero-order valence-corrected chi connectivity index (χ0v) is 9.15. The number of aromatic nitrogens is 2. The van der Waals surface area contributed by atoms with Crippen LogP contribution in [0.1, 0.15) is 25.7 Å². The first kappa shape index (κ1) is 10.3. The van der Waals surface area contributed by atoms with E-state index in [-0.39, 0.29) is 0 Å². The summed E-state index contributed by atoms with van der Waals surface area (Å²) in [5.74, 6) is 1.93. The molecule has 3 heteroatoms. The summed E-state index contributed by atoms with van der Waals surface area (Å²) in [5.41, 5.74) is 0. The predicted molar refractivity (Wildman–Crippen MR) is 62.9 cm³/mol. The smallest absolute Gasteiger partial charge is 0.203 e. The van der Waals surface area contributed by atoms with Gasteiger partial charge in [0.25, 0.3) is 0 Å². The molecule has 1 aromatic heterocycles. The molecular formula is C12H19N3. The number of nitrogens with zero attached hydrogens (tertiary/aromatic N) is 2. The number of rotatable bonds is 6. The summed E-state index contributed by atoms with van der Waals surface area (Å²) in [6.45, 7) is 5.60. The molecule has 1 fully saturated rings. The molecular weight excluding hydrogens is 186 g/mol. The molecule has 0 bridgehead atoms. The maximum absolute atomic E-state index is 4.28. The standard InChI is InChI=1S/C12H19N3/c1-2-9-15-10-8-14-12(15)13-7-6-11-4-3-5-11/h2,8,10-11H,1,3-7,9H2,(H,13,14). The van der Waals surface area contributed by atoms with E-state index in [1.807, 2.05) is 18.5 Å². The lowest BCUT2D eigenvalue weighted by atomic mass is 9.83. The van der Waals surface area contributed by atoms with E-state index in [1.54, 1.807) is 0 Å². The van der Waals surface area contributed by atoms with Crippen molar-refractivity contribution in [3.05, 3.63) is 25.0 Å². The topological polar surface area (TPSA) is 29.9 Å². The minimum Gasteiger partial charge on any atom is -0.356 e. The minimum absolute atomic E-state index is 0.825. The summed E-state index contributed by atoms with van der Waals surface area (Å²) < 4.78 is 2.08. The van der Waals surface area contributed by atoms with E-state index in [1.165, 1.54) is 25.7 Å². The first-order chi connectivity index (χ1) is 7.40. The molecule has 1 heterocycles. The third-order valence-electron chi connectivity index (χ3n) is 3.10. The molecule has 0 aromatic carbocycles. The average Bonchev–Trinajstić information content (AvgIpc) is 2.58. The van der Waals surface area contributed by atoms with E-state index in [0.717, 1.165) is 25.0 Å². The van der Waals surface area contributed by atoms with Crippen LogP contribution in [0.4, 0.5) is 5.95 Å². The number of allylic oxidation sites excluding steroid dienone is 1. The van der Waals surface area contributed by atoms with Gasteiger partial charge in [0.15, 0.2) is 0 Å². The van der Waals surface area contributed by atoms with E-state index in [0.29, 0.717) is 0 Å². The number of imidazole rings is 1. The summed E-state index contributed by atoms with van der Waals surface area (Å²) in [6.07, 6.45) is 11.2. The van der Waals surface area contributed by atoms with Gasteiger partial charge in [-0.15, -0.1) is 6.58 Å². The Morgan fingerprint density at radius 2 is 2.47 bits per heavy atom. The van der Waals surface area contributed by atoms with Crippen molar-refractivity contribution in [2.45, 2.75) is 32.2 Å². The summed E-state index contributed by atoms with van der Waals surface area (Å²) in [6, 6.07) is 0. The quantitative estimate of drug-likeness (QED) is 0.724. The fraction of sp³-hybridized carbons (Fsp3) is 0.583. The van der Waals surface area contributed by atoms with Crippen molar-refractivity contribution in [1.29, 1.82) is 0 Å². The molecule has 15 heavy (non-hydrogen) atoms. The average molecular weight is 205 g/mol. The van der Waals surface area contributed by atoms with Crippen LogP contribution in [-0.2, 0) is 6.54 Å². The third kappa shape index (κ3) is 2.61. The van der Waals surface area contributed by atoms with Crippen LogP contribution >= 0.6 is 0 Å². The molecule has 82 valence electrons. The summed E-state index contributed by atoms with van der Waals surface area (Å²) in [4.78, 5) is 4.28. The Morgan fingerprint density at radius 1 is 1.60 bits per heavy atom. The van der Waals surface area contributed by atoms with Gasteiger partial charge in [-0.1, -0.05) is 25.3 Å². The fourth-order valence-corrected chi connectivity index (χ4v) is 1.93. The first-order valence-electron chi connectivity index (χ1n) is 5.76. The molecule has 0 spiro atoms. The normalized spacial score (nSPS) is 16.0. The number of anilines is 1. The first-order valence-corrected chi connectivity index (χ1v) is 5.76. The van der Waals surface area contributed by atoms with Crippen LogP contribution in [0.5, 0.6) is 0 Å². The molecule has 0 radical (unpaired) electrons. The Morgan fingerprint density at radius 3 is 3.13 bits per heavy atom. The van der Waals surface area contributed by atoms with E-state index in [4.69, 9.17) is 0 Å². The second-order valence-electron chi connectivity index (χ2n) is 4.20. The van der Waals surface area contributed by atoms with Gasteiger partial charge in [0.1, 0.15) is 0 Å². The summed E-state index contributed by atoms with van der Waals surface area (Å²) in [5, 5.41) is 3.38. The summed E-state index contributed by atoms with van der Waals surface area (Å²) >= 11 is 0. The molecule has 3 nitrogen and oxygen atoms in total. The number of nitrogens with one attached hydrogen (secondary N) is 1. The Hall–Kier alpha value is -1.25. The Bertz CT molecular complexity index is 312. The van der Waals surface area contributed by atoms with Gasteiger partial charge in [-0.25, -0.2) is 4.98 Å². The fourth-order valence-electron chi connectivity index (χ4n) is 1.93. The zero-order valence-electron chi connectivity index (χ0n) is 9.15. The highest BCUT2D eigenvalue weighted by Gasteiger charge is 2.16. The van der Waals surface area contributed by atoms with Crippen molar-refractivity contribution in [2.24, 2.45) is 5.92 Å². The molecule has 1 saturated carbocycles. The minimum atomic E-state index is 0.825. The van der Waals surface area contributed by atoms with Gasteiger partial charge in [-0.2, -0.15) is 0 Å². The molecule has 1 aliphatic rings. The van der Waals surface area contributed by atoms with E-state index < -0.39 is 0 Å². The molecule has 0 atom stereocenters. The van der Waals surface area contributed by atoms with Crippen LogP contribution in [0.15, 0.2) is 25.0 Å². The Balaban J connectivity index is 1.76. The van der Waals surface area contributed by atoms with E-state index >= 15 is 0 Å². The van der Waals surface area contributed by atoms with E-state index in [2.05, 4.69) is 21.4 Å². The van der Waals surface area contributed by atoms with Gasteiger partial charge >= 0.3 is 0 Å². The van der Waals surface area contributed by atoms with Gasteiger partial charge in [0, 0.05) is 25.5 Å². The zero-order chi connectivity index (χ0) is 10.5. The lowest BCUT2D eigenvalue weighted by molar-refractivity contribution is 0.302. The predicted octanol–water partition coefficient (Wildman–Crippen LogP) is 2.67. The molecule has 0 aliphatic heterocycles. The third-order valence-corrected chi connectivity index (χ3v) is 3.10. The van der Waals surface area contributed by atoms with Crippen molar-refractivity contribution in [1.82, 2.24) is 9.55 Å². The van der Waals surface area contributed by atoms with Crippen LogP contribution in [0.25, 0.3) is 0 Å². The monoisotopic (exact) mass is 205 g/mol. The van der Waals surface area contributed by atoms with Crippen LogP contribution in [0.3, 0.4) is 0 Å². The molecule has 1 aliphatic carbocycles. The van der Waals surface area contributed by atoms with Crippen LogP contribution in [-0.4, -0.2) is 16.1 Å². The molecule has 1 N–H and O–H groups in total. The maximum Gasteiger partial charge on any atom is 0.203 e. The molecule has 0 saturated heterocycles. The van der Waals surface area contributed by atoms with Crippen molar-refractivity contribution in [3.8, 4) is 0 Å². The lowest BCUT2D eigenvalue weighted by Gasteiger charge is -2.25. The molecule has 2 rings (SSSR count). The van der Waals surface area contributed by atoms with Gasteiger partial charge in [0.05, 0.1) is 0 Å². The van der Waals surface area contributed by atoms with Crippen molar-refractivity contribution in [3.63, 3.8) is 0 Å². The van der Waals surface area contributed by atoms with Gasteiger partial charge in [0.2, 0.25) is 5.95 Å². The highest BCUT2D eigenvalue weighted by atomic mass is 15.2. The van der Waals surface area contributed by atoms with Gasteiger partial charge in [-0.05, 0) is 12.3 Å². The Labute approximate surface area is 91.2 Å².